The molecule has 0 aliphatic heterocycles. The highest BCUT2D eigenvalue weighted by Crippen LogP contribution is 2.28. The van der Waals surface area contributed by atoms with Gasteiger partial charge in [0.15, 0.2) is 0 Å². The third kappa shape index (κ3) is 4.08. The minimum atomic E-state index is -0.478. The zero-order chi connectivity index (χ0) is 14.4. The topological polar surface area (TPSA) is 72.2 Å². The zero-order valence-corrected chi connectivity index (χ0v) is 11.7. The number of nitrogens with one attached hydrogen (secondary N) is 1. The molecule has 20 heavy (non-hydrogen) atoms. The molecule has 1 saturated carbocycles. The third-order valence-electron chi connectivity index (χ3n) is 3.98. The maximum Gasteiger partial charge on any atom is 0.251 e. The Morgan fingerprint density at radius 3 is 2.30 bits per heavy atom. The van der Waals surface area contributed by atoms with Crippen LogP contribution in [0.15, 0.2) is 24.3 Å². The Labute approximate surface area is 119 Å². The number of rotatable bonds is 6. The maximum atomic E-state index is 11.9. The summed E-state index contributed by atoms with van der Waals surface area (Å²) in [5.74, 6) is 0.294. The third-order valence-corrected chi connectivity index (χ3v) is 3.98. The quantitative estimate of drug-likeness (QED) is 0.782. The van der Waals surface area contributed by atoms with Crippen LogP contribution in [0.25, 0.3) is 0 Å². The number of nitrogens with two attached hydrogens (primary N) is 1. The Hall–Kier alpha value is -1.84. The van der Waals surface area contributed by atoms with Crippen molar-refractivity contribution in [3.8, 4) is 0 Å². The number of hydrogen-bond acceptors (Lipinski definition) is 2. The highest BCUT2D eigenvalue weighted by Gasteiger charge is 2.14. The molecule has 0 radical (unpaired) electrons. The summed E-state index contributed by atoms with van der Waals surface area (Å²) in [5, 5.41) is 2.92. The van der Waals surface area contributed by atoms with E-state index in [2.05, 4.69) is 5.32 Å². The summed E-state index contributed by atoms with van der Waals surface area (Å²) in [5.41, 5.74) is 6.14. The minimum Gasteiger partial charge on any atom is -0.366 e. The summed E-state index contributed by atoms with van der Waals surface area (Å²) >= 11 is 0. The Bertz CT molecular complexity index is 462. The Kier molecular flexibility index (Phi) is 5.16. The highest BCUT2D eigenvalue weighted by atomic mass is 16.2. The zero-order valence-electron chi connectivity index (χ0n) is 11.7. The lowest BCUT2D eigenvalue weighted by Gasteiger charge is -2.09. The SMILES string of the molecule is NC(=O)c1ccc(C(=O)NCCCC2CCCC2)cc1. The van der Waals surface area contributed by atoms with Gasteiger partial charge in [-0.1, -0.05) is 25.7 Å². The maximum absolute atomic E-state index is 11.9. The molecule has 0 unspecified atom stereocenters. The molecule has 1 fully saturated rings. The van der Waals surface area contributed by atoms with Crippen LogP contribution in [-0.4, -0.2) is 18.4 Å². The molecule has 1 aromatic carbocycles. The molecule has 0 aromatic heterocycles. The van der Waals surface area contributed by atoms with Crippen molar-refractivity contribution in [2.24, 2.45) is 11.7 Å². The predicted octanol–water partition coefficient (Wildman–Crippen LogP) is 2.49. The van der Waals surface area contributed by atoms with E-state index >= 15 is 0 Å². The Morgan fingerprint density at radius 2 is 1.70 bits per heavy atom. The van der Waals surface area contributed by atoms with Gasteiger partial charge < -0.3 is 11.1 Å². The highest BCUT2D eigenvalue weighted by molar-refractivity contribution is 5.97. The van der Waals surface area contributed by atoms with Gasteiger partial charge in [-0.15, -0.1) is 0 Å². The van der Waals surface area contributed by atoms with Crippen LogP contribution < -0.4 is 11.1 Å². The Balaban J connectivity index is 1.72. The van der Waals surface area contributed by atoms with Gasteiger partial charge in [0.05, 0.1) is 0 Å². The van der Waals surface area contributed by atoms with Gasteiger partial charge in [0.1, 0.15) is 0 Å². The number of amides is 2. The first kappa shape index (κ1) is 14.6. The number of primary amides is 1. The van der Waals surface area contributed by atoms with Gasteiger partial charge in [0.2, 0.25) is 5.91 Å². The van der Waals surface area contributed by atoms with Crippen molar-refractivity contribution in [3.63, 3.8) is 0 Å². The fraction of sp³-hybridized carbons (Fsp3) is 0.500. The van der Waals surface area contributed by atoms with E-state index in [1.165, 1.54) is 32.1 Å². The van der Waals surface area contributed by atoms with Crippen LogP contribution in [0.4, 0.5) is 0 Å². The molecule has 4 heteroatoms. The predicted molar refractivity (Wildman–Crippen MR) is 78.5 cm³/mol. The van der Waals surface area contributed by atoms with Crippen molar-refractivity contribution in [2.45, 2.75) is 38.5 Å². The average molecular weight is 274 g/mol. The molecule has 3 N–H and O–H groups in total. The van der Waals surface area contributed by atoms with E-state index < -0.39 is 5.91 Å². The summed E-state index contributed by atoms with van der Waals surface area (Å²) in [6.45, 7) is 0.715. The van der Waals surface area contributed by atoms with Gasteiger partial charge in [-0.2, -0.15) is 0 Å². The van der Waals surface area contributed by atoms with Crippen LogP contribution in [0.1, 0.15) is 59.2 Å². The van der Waals surface area contributed by atoms with Crippen LogP contribution >= 0.6 is 0 Å². The summed E-state index contributed by atoms with van der Waals surface area (Å²) < 4.78 is 0. The summed E-state index contributed by atoms with van der Waals surface area (Å²) in [6, 6.07) is 6.42. The normalized spacial score (nSPS) is 15.2. The van der Waals surface area contributed by atoms with E-state index in [1.54, 1.807) is 24.3 Å². The molecule has 1 aliphatic carbocycles. The molecule has 2 amide bonds. The van der Waals surface area contributed by atoms with E-state index in [0.29, 0.717) is 17.7 Å². The fourth-order valence-electron chi connectivity index (χ4n) is 2.78. The lowest BCUT2D eigenvalue weighted by Crippen LogP contribution is -2.24. The molecular formula is C16H22N2O2. The molecule has 4 nitrogen and oxygen atoms in total. The van der Waals surface area contributed by atoms with Crippen LogP contribution in [0.2, 0.25) is 0 Å². The molecular weight excluding hydrogens is 252 g/mol. The summed E-state index contributed by atoms with van der Waals surface area (Å²) in [6.07, 6.45) is 7.67. The molecule has 1 aliphatic rings. The average Bonchev–Trinajstić information content (AvgIpc) is 2.96. The first-order valence-electron chi connectivity index (χ1n) is 7.35. The second-order valence-corrected chi connectivity index (χ2v) is 5.49. The smallest absolute Gasteiger partial charge is 0.251 e. The standard InChI is InChI=1S/C16H22N2O2/c17-15(19)13-7-9-14(10-8-13)16(20)18-11-3-6-12-4-1-2-5-12/h7-10,12H,1-6,11H2,(H2,17,19)(H,18,20). The number of carbonyl (C=O) groups excluding carboxylic acids is 2. The van der Waals surface area contributed by atoms with Crippen LogP contribution in [-0.2, 0) is 0 Å². The first-order chi connectivity index (χ1) is 9.66. The van der Waals surface area contributed by atoms with Crippen molar-refractivity contribution in [1.29, 1.82) is 0 Å². The van der Waals surface area contributed by atoms with Gasteiger partial charge in [0.25, 0.3) is 5.91 Å². The molecule has 1 aromatic rings. The van der Waals surface area contributed by atoms with Crippen molar-refractivity contribution in [2.75, 3.05) is 6.54 Å². The summed E-state index contributed by atoms with van der Waals surface area (Å²) in [4.78, 5) is 22.8. The lowest BCUT2D eigenvalue weighted by molar-refractivity contribution is 0.0949. The molecule has 0 heterocycles. The van der Waals surface area contributed by atoms with Gasteiger partial charge in [-0.25, -0.2) is 0 Å². The Morgan fingerprint density at radius 1 is 1.10 bits per heavy atom. The minimum absolute atomic E-state index is 0.0903. The number of carbonyl (C=O) groups is 2. The molecule has 2 rings (SSSR count). The monoisotopic (exact) mass is 274 g/mol. The van der Waals surface area contributed by atoms with E-state index in [4.69, 9.17) is 5.73 Å². The molecule has 0 spiro atoms. The van der Waals surface area contributed by atoms with Crippen LogP contribution in [0, 0.1) is 5.92 Å². The first-order valence-corrected chi connectivity index (χ1v) is 7.35. The van der Waals surface area contributed by atoms with Gasteiger partial charge in [-0.3, -0.25) is 9.59 Å². The van der Waals surface area contributed by atoms with Gasteiger partial charge in [0, 0.05) is 17.7 Å². The number of benzene rings is 1. The molecule has 0 atom stereocenters. The second-order valence-electron chi connectivity index (χ2n) is 5.49. The van der Waals surface area contributed by atoms with Crippen molar-refractivity contribution < 1.29 is 9.59 Å². The van der Waals surface area contributed by atoms with Crippen molar-refractivity contribution >= 4 is 11.8 Å². The number of hydrogen-bond donors (Lipinski definition) is 2. The van der Waals surface area contributed by atoms with Crippen LogP contribution in [0.3, 0.4) is 0 Å². The van der Waals surface area contributed by atoms with E-state index in [9.17, 15) is 9.59 Å². The van der Waals surface area contributed by atoms with E-state index in [1.807, 2.05) is 0 Å². The largest absolute Gasteiger partial charge is 0.366 e. The van der Waals surface area contributed by atoms with E-state index in [-0.39, 0.29) is 5.91 Å². The molecule has 0 bridgehead atoms. The van der Waals surface area contributed by atoms with Crippen molar-refractivity contribution in [3.05, 3.63) is 35.4 Å². The van der Waals surface area contributed by atoms with Crippen LogP contribution in [0.5, 0.6) is 0 Å². The molecule has 0 saturated heterocycles. The van der Waals surface area contributed by atoms with Gasteiger partial charge >= 0.3 is 0 Å². The van der Waals surface area contributed by atoms with Crippen molar-refractivity contribution in [1.82, 2.24) is 5.32 Å². The molecule has 108 valence electrons. The lowest BCUT2D eigenvalue weighted by atomic mass is 10.0. The fourth-order valence-corrected chi connectivity index (χ4v) is 2.78. The summed E-state index contributed by atoms with van der Waals surface area (Å²) in [7, 11) is 0. The van der Waals surface area contributed by atoms with Gasteiger partial charge in [-0.05, 0) is 43.0 Å². The second kappa shape index (κ2) is 7.08. The van der Waals surface area contributed by atoms with E-state index in [0.717, 1.165) is 12.3 Å².